The van der Waals surface area contributed by atoms with Crippen molar-refractivity contribution in [1.29, 1.82) is 0 Å². The Morgan fingerprint density at radius 3 is 2.50 bits per heavy atom. The molecule has 3 aromatic heterocycles. The van der Waals surface area contributed by atoms with Crippen LogP contribution in [0.1, 0.15) is 34.6 Å². The van der Waals surface area contributed by atoms with Crippen molar-refractivity contribution in [2.45, 2.75) is 42.8 Å². The first-order valence-corrected chi connectivity index (χ1v) is 11.1. The Morgan fingerprint density at radius 1 is 1.09 bits per heavy atom. The van der Waals surface area contributed by atoms with E-state index in [4.69, 9.17) is 0 Å². The summed E-state index contributed by atoms with van der Waals surface area (Å²) < 4.78 is 27.7. The SMILES string of the molecule is BC(B)(B)C(B)(B)n1nccc1C(=O)NCc1cn2ncc(CNC(=O)CCC(F)F)cc2n1. The van der Waals surface area contributed by atoms with Crippen LogP contribution >= 0.6 is 0 Å². The fraction of sp³-hybridized carbons (Fsp3) is 0.389. The Kier molecular flexibility index (Phi) is 7.57. The molecule has 0 unspecified atom stereocenters. The third kappa shape index (κ3) is 5.89. The van der Waals surface area contributed by atoms with Gasteiger partial charge < -0.3 is 10.6 Å². The van der Waals surface area contributed by atoms with Gasteiger partial charge in [-0.05, 0) is 23.0 Å². The summed E-state index contributed by atoms with van der Waals surface area (Å²) in [5, 5.41) is 13.6. The molecular formula is C18H26B5F2N7O2. The maximum atomic E-state index is 12.9. The van der Waals surface area contributed by atoms with Gasteiger partial charge in [-0.15, -0.1) is 5.11 Å². The first-order valence-electron chi connectivity index (χ1n) is 11.1. The van der Waals surface area contributed by atoms with Crippen LogP contribution < -0.4 is 10.6 Å². The largest absolute Gasteiger partial charge is 0.352 e. The van der Waals surface area contributed by atoms with Crippen LogP contribution in [0, 0.1) is 0 Å². The highest BCUT2D eigenvalue weighted by Gasteiger charge is 2.36. The predicted octanol–water partition coefficient (Wildman–Crippen LogP) is -3.63. The molecule has 0 aliphatic rings. The van der Waals surface area contributed by atoms with E-state index in [-0.39, 0.29) is 35.9 Å². The zero-order chi connectivity index (χ0) is 25.1. The van der Waals surface area contributed by atoms with E-state index in [9.17, 15) is 18.4 Å². The van der Waals surface area contributed by atoms with Gasteiger partial charge in [0, 0.05) is 25.6 Å². The second kappa shape index (κ2) is 10.1. The Labute approximate surface area is 200 Å². The quantitative estimate of drug-likeness (QED) is 0.301. The zero-order valence-electron chi connectivity index (χ0n) is 20.1. The summed E-state index contributed by atoms with van der Waals surface area (Å²) >= 11 is 0. The van der Waals surface area contributed by atoms with Crippen molar-refractivity contribution in [2.75, 3.05) is 0 Å². The molecule has 0 aliphatic heterocycles. The standard InChI is InChI=1S/C18H26B5F2N7O2/c19-17(20,21)18(22,23)32-12(3-4-28-32)16(34)27-8-11-9-31-14(30-11)5-10(7-29-31)6-26-15(33)2-1-13(24)25/h3-5,7,9,13H,1-2,6,8,19-23H2,(H,26,33)(H,27,34). The van der Waals surface area contributed by atoms with E-state index < -0.39 is 18.8 Å². The van der Waals surface area contributed by atoms with Crippen molar-refractivity contribution >= 4 is 56.7 Å². The molecule has 0 saturated heterocycles. The van der Waals surface area contributed by atoms with Crippen molar-refractivity contribution in [3.8, 4) is 0 Å². The number of rotatable bonds is 10. The van der Waals surface area contributed by atoms with Crippen LogP contribution in [-0.2, 0) is 23.2 Å². The number of hydrogen-bond donors (Lipinski definition) is 2. The van der Waals surface area contributed by atoms with Crippen molar-refractivity contribution < 1.29 is 18.4 Å². The first-order chi connectivity index (χ1) is 15.9. The van der Waals surface area contributed by atoms with Crippen LogP contribution in [0.15, 0.2) is 30.7 Å². The van der Waals surface area contributed by atoms with Crippen LogP contribution in [0.4, 0.5) is 8.78 Å². The second-order valence-corrected chi connectivity index (χ2v) is 9.73. The highest BCUT2D eigenvalue weighted by Crippen LogP contribution is 2.30. The third-order valence-corrected chi connectivity index (χ3v) is 6.18. The van der Waals surface area contributed by atoms with Crippen molar-refractivity contribution in [3.05, 3.63) is 47.7 Å². The van der Waals surface area contributed by atoms with E-state index in [2.05, 4.69) is 49.4 Å². The maximum absolute atomic E-state index is 12.9. The molecule has 9 nitrogen and oxygen atoms in total. The van der Waals surface area contributed by atoms with E-state index in [1.165, 1.54) is 0 Å². The van der Waals surface area contributed by atoms with Crippen molar-refractivity contribution in [3.63, 3.8) is 0 Å². The molecule has 3 heterocycles. The number of carbonyl (C=O) groups is 2. The molecule has 0 aliphatic carbocycles. The molecule has 2 amide bonds. The molecule has 0 spiro atoms. The summed E-state index contributed by atoms with van der Waals surface area (Å²) in [5.74, 6) is -0.701. The number of alkyl halides is 2. The molecule has 0 bridgehead atoms. The minimum absolute atomic E-state index is 0.124. The molecular weight excluding hydrogens is 438 g/mol. The van der Waals surface area contributed by atoms with E-state index in [1.807, 2.05) is 15.7 Å². The van der Waals surface area contributed by atoms with E-state index >= 15 is 0 Å². The van der Waals surface area contributed by atoms with Crippen molar-refractivity contribution in [2.24, 2.45) is 0 Å². The van der Waals surface area contributed by atoms with Gasteiger partial charge in [0.2, 0.25) is 12.3 Å². The predicted molar refractivity (Wildman–Crippen MR) is 137 cm³/mol. The second-order valence-electron chi connectivity index (χ2n) is 9.73. The van der Waals surface area contributed by atoms with Gasteiger partial charge in [0.1, 0.15) is 21.4 Å². The Bertz CT molecular complexity index is 1180. The maximum Gasteiger partial charge on any atom is 0.269 e. The minimum Gasteiger partial charge on any atom is -0.352 e. The van der Waals surface area contributed by atoms with Crippen LogP contribution in [0.3, 0.4) is 0 Å². The molecule has 16 heteroatoms. The lowest BCUT2D eigenvalue weighted by molar-refractivity contribution is -0.122. The molecule has 34 heavy (non-hydrogen) atoms. The van der Waals surface area contributed by atoms with Crippen LogP contribution in [0.2, 0.25) is 5.11 Å². The average Bonchev–Trinajstić information content (AvgIpc) is 3.40. The van der Waals surface area contributed by atoms with Gasteiger partial charge >= 0.3 is 0 Å². The van der Waals surface area contributed by atoms with Crippen LogP contribution in [0.25, 0.3) is 5.65 Å². The lowest BCUT2D eigenvalue weighted by atomic mass is 9.26. The summed E-state index contributed by atoms with van der Waals surface area (Å²) in [7, 11) is 10.4. The number of carbonyl (C=O) groups excluding carboxylic acids is 2. The molecule has 0 radical (unpaired) electrons. The number of nitrogens with zero attached hydrogens (tertiary/aromatic N) is 5. The monoisotopic (exact) mass is 465 g/mol. The molecule has 3 rings (SSSR count). The fourth-order valence-corrected chi connectivity index (χ4v) is 3.18. The molecule has 2 N–H and O–H groups in total. The Hall–Kier alpha value is -3.05. The number of halogens is 2. The summed E-state index contributed by atoms with van der Waals surface area (Å²) in [4.78, 5) is 29.0. The molecule has 0 saturated carbocycles. The van der Waals surface area contributed by atoms with E-state index in [0.29, 0.717) is 22.6 Å². The topological polar surface area (TPSA) is 106 Å². The summed E-state index contributed by atoms with van der Waals surface area (Å²) in [6.45, 7) is 0.362. The minimum atomic E-state index is -2.50. The number of fused-ring (bicyclic) bond motifs is 1. The first kappa shape index (κ1) is 25.6. The number of amides is 2. The van der Waals surface area contributed by atoms with Gasteiger partial charge in [-0.1, -0.05) is 0 Å². The van der Waals surface area contributed by atoms with Gasteiger partial charge in [-0.25, -0.2) is 18.3 Å². The van der Waals surface area contributed by atoms with E-state index in [1.54, 1.807) is 39.9 Å². The van der Waals surface area contributed by atoms with Crippen LogP contribution in [-0.4, -0.2) is 81.8 Å². The fourth-order valence-electron chi connectivity index (χ4n) is 3.18. The van der Waals surface area contributed by atoms with Gasteiger partial charge in [-0.3, -0.25) is 14.3 Å². The highest BCUT2D eigenvalue weighted by atomic mass is 19.3. The number of aromatic nitrogens is 5. The van der Waals surface area contributed by atoms with Gasteiger partial charge in [0.15, 0.2) is 5.65 Å². The highest BCUT2D eigenvalue weighted by molar-refractivity contribution is 6.66. The number of nitrogens with one attached hydrogen (secondary N) is 2. The molecule has 3 aromatic rings. The number of hydrogen-bond acceptors (Lipinski definition) is 5. The van der Waals surface area contributed by atoms with Gasteiger partial charge in [0.25, 0.3) is 5.91 Å². The van der Waals surface area contributed by atoms with E-state index in [0.717, 1.165) is 0 Å². The third-order valence-electron chi connectivity index (χ3n) is 6.18. The molecule has 0 aromatic carbocycles. The smallest absolute Gasteiger partial charge is 0.269 e. The molecule has 174 valence electrons. The Balaban J connectivity index is 1.63. The number of imidazole rings is 1. The Morgan fingerprint density at radius 2 is 1.82 bits per heavy atom. The van der Waals surface area contributed by atoms with Crippen LogP contribution in [0.5, 0.6) is 0 Å². The van der Waals surface area contributed by atoms with Crippen molar-refractivity contribution in [1.82, 2.24) is 35.0 Å². The van der Waals surface area contributed by atoms with Gasteiger partial charge in [-0.2, -0.15) is 10.2 Å². The molecule has 0 atom stereocenters. The lowest BCUT2D eigenvalue weighted by Crippen LogP contribution is -2.50. The summed E-state index contributed by atoms with van der Waals surface area (Å²) in [6.07, 6.45) is 1.69. The molecule has 0 fully saturated rings. The summed E-state index contributed by atoms with van der Waals surface area (Å²) in [5.41, 5.74) is 2.31. The lowest BCUT2D eigenvalue weighted by Gasteiger charge is -2.41. The van der Waals surface area contributed by atoms with Gasteiger partial charge in [0.05, 0.1) is 48.2 Å². The summed E-state index contributed by atoms with van der Waals surface area (Å²) in [6, 6.07) is 3.43. The normalized spacial score (nSPS) is 12.2. The average molecular weight is 465 g/mol. The zero-order valence-corrected chi connectivity index (χ0v) is 20.1.